The first-order valence-corrected chi connectivity index (χ1v) is 20.0. The fraction of sp³-hybridized carbons (Fsp3) is 0.444. The van der Waals surface area contributed by atoms with Crippen LogP contribution in [0, 0.1) is 30.6 Å². The molecular formula is C45H54ClN5O5. The number of aromatic nitrogens is 1. The number of likely N-dealkylation sites (tertiary alicyclic amines) is 1. The molecule has 296 valence electrons. The fourth-order valence-corrected chi connectivity index (χ4v) is 7.95. The number of benzene rings is 3. The van der Waals surface area contributed by atoms with Crippen molar-refractivity contribution in [1.82, 2.24) is 20.5 Å². The Morgan fingerprint density at radius 1 is 0.982 bits per heavy atom. The van der Waals surface area contributed by atoms with E-state index in [-0.39, 0.29) is 26.4 Å². The number of hydrogen-bond donors (Lipinski definition) is 3. The maximum absolute atomic E-state index is 11.7. The summed E-state index contributed by atoms with van der Waals surface area (Å²) in [5, 5.41) is 26.1. The van der Waals surface area contributed by atoms with Gasteiger partial charge in [-0.2, -0.15) is 5.26 Å². The Hall–Kier alpha value is -4.50. The molecule has 2 fully saturated rings. The van der Waals surface area contributed by atoms with E-state index in [1.54, 1.807) is 31.3 Å². The highest BCUT2D eigenvalue weighted by atomic mass is 35.5. The average molecular weight is 780 g/mol. The molecule has 0 radical (unpaired) electrons. The number of carbonyl (C=O) groups excluding carboxylic acids is 1. The predicted molar refractivity (Wildman–Crippen MR) is 219 cm³/mol. The van der Waals surface area contributed by atoms with E-state index >= 15 is 0 Å². The van der Waals surface area contributed by atoms with Gasteiger partial charge in [-0.25, -0.2) is 0 Å². The molecule has 0 amide bonds. The SMILES string of the molecule is Cc1c(COc2cc(OCc3cncc(C#N)c3)c(CNC(C)(C=O)CO)cc2Cl)cccc1-c1cccc(OCCCN2CCC3(CCCNC3)CC2)c1C. The quantitative estimate of drug-likeness (QED) is 0.0741. The summed E-state index contributed by atoms with van der Waals surface area (Å²) in [6.45, 7) is 12.5. The van der Waals surface area contributed by atoms with Crippen LogP contribution in [0.1, 0.15) is 72.4 Å². The van der Waals surface area contributed by atoms with E-state index < -0.39 is 5.54 Å². The van der Waals surface area contributed by atoms with E-state index in [1.165, 1.54) is 58.1 Å². The maximum atomic E-state index is 11.7. The van der Waals surface area contributed by atoms with Gasteiger partial charge in [0.05, 0.1) is 29.3 Å². The first kappa shape index (κ1) is 41.1. The molecule has 1 aromatic heterocycles. The van der Waals surface area contributed by atoms with Gasteiger partial charge in [-0.3, -0.25) is 10.3 Å². The second kappa shape index (κ2) is 19.1. The minimum absolute atomic E-state index is 0.141. The van der Waals surface area contributed by atoms with Crippen molar-refractivity contribution in [1.29, 1.82) is 5.26 Å². The molecule has 1 atom stereocenters. The van der Waals surface area contributed by atoms with Gasteiger partial charge in [-0.15, -0.1) is 0 Å². The van der Waals surface area contributed by atoms with Gasteiger partial charge >= 0.3 is 0 Å². The van der Waals surface area contributed by atoms with Crippen molar-refractivity contribution in [3.05, 3.63) is 105 Å². The Labute approximate surface area is 336 Å². The summed E-state index contributed by atoms with van der Waals surface area (Å²) in [5.74, 6) is 1.82. The van der Waals surface area contributed by atoms with Crippen LogP contribution in [0.3, 0.4) is 0 Å². The van der Waals surface area contributed by atoms with E-state index in [0.717, 1.165) is 46.5 Å². The summed E-state index contributed by atoms with van der Waals surface area (Å²) in [6.07, 6.45) is 10.1. The van der Waals surface area contributed by atoms with Crippen LogP contribution in [0.15, 0.2) is 67.0 Å². The topological polar surface area (TPSA) is 129 Å². The minimum atomic E-state index is -1.14. The molecule has 0 bridgehead atoms. The number of ether oxygens (including phenoxy) is 3. The van der Waals surface area contributed by atoms with Crippen LogP contribution in [0.25, 0.3) is 11.1 Å². The third-order valence-electron chi connectivity index (χ3n) is 11.5. The lowest BCUT2D eigenvalue weighted by atomic mass is 9.73. The zero-order valence-corrected chi connectivity index (χ0v) is 33.6. The first-order chi connectivity index (χ1) is 27.1. The summed E-state index contributed by atoms with van der Waals surface area (Å²) >= 11 is 6.78. The van der Waals surface area contributed by atoms with Gasteiger partial charge in [0, 0.05) is 49.2 Å². The molecule has 56 heavy (non-hydrogen) atoms. The second-order valence-corrected chi connectivity index (χ2v) is 16.0. The molecule has 3 heterocycles. The van der Waals surface area contributed by atoms with Gasteiger partial charge in [-0.1, -0.05) is 41.9 Å². The van der Waals surface area contributed by atoms with Crippen molar-refractivity contribution in [2.75, 3.05) is 45.9 Å². The first-order valence-electron chi connectivity index (χ1n) is 19.6. The predicted octanol–water partition coefficient (Wildman–Crippen LogP) is 7.32. The molecule has 10 nitrogen and oxygen atoms in total. The number of nitrogens with zero attached hydrogens (tertiary/aromatic N) is 3. The van der Waals surface area contributed by atoms with Crippen molar-refractivity contribution in [3.8, 4) is 34.4 Å². The average Bonchev–Trinajstić information content (AvgIpc) is 3.23. The number of piperidine rings is 2. The number of hydrogen-bond acceptors (Lipinski definition) is 10. The van der Waals surface area contributed by atoms with Crippen LogP contribution in [-0.4, -0.2) is 72.8 Å². The standard InChI is InChI=1S/C45H54ClN5O5/c1-32-36(28-56-43-22-42(55-27-35-20-34(23-47)24-49-25-35)37(21-40(43)46)26-50-44(3,30-52)31-53)8-4-9-38(32)39-10-5-11-41(33(39)2)54-19-7-16-51-17-13-45(14-18-51)12-6-15-48-29-45/h4-5,8-11,20-22,24-25,30,48,50,53H,6-7,12-19,26-29,31H2,1-3H3. The van der Waals surface area contributed by atoms with Gasteiger partial charge in [0.2, 0.25) is 0 Å². The van der Waals surface area contributed by atoms with Crippen molar-refractivity contribution < 1.29 is 24.1 Å². The third-order valence-corrected chi connectivity index (χ3v) is 11.8. The lowest BCUT2D eigenvalue weighted by Crippen LogP contribution is -2.48. The van der Waals surface area contributed by atoms with E-state index in [1.807, 2.05) is 6.07 Å². The molecule has 3 N–H and O–H groups in total. The summed E-state index contributed by atoms with van der Waals surface area (Å²) in [6, 6.07) is 19.8. The zero-order valence-electron chi connectivity index (χ0n) is 32.8. The van der Waals surface area contributed by atoms with Crippen LogP contribution >= 0.6 is 11.6 Å². The number of aliphatic hydroxyl groups is 1. The molecular weight excluding hydrogens is 726 g/mol. The number of nitrogens with one attached hydrogen (secondary N) is 2. The van der Waals surface area contributed by atoms with Crippen LogP contribution in [0.2, 0.25) is 5.02 Å². The van der Waals surface area contributed by atoms with Crippen molar-refractivity contribution in [2.24, 2.45) is 5.41 Å². The molecule has 0 saturated carbocycles. The molecule has 3 aromatic carbocycles. The molecule has 4 aromatic rings. The van der Waals surface area contributed by atoms with Gasteiger partial charge in [0.15, 0.2) is 0 Å². The lowest BCUT2D eigenvalue weighted by Gasteiger charge is -2.44. The number of nitriles is 1. The highest BCUT2D eigenvalue weighted by molar-refractivity contribution is 6.32. The van der Waals surface area contributed by atoms with Crippen LogP contribution < -0.4 is 24.8 Å². The fourth-order valence-electron chi connectivity index (χ4n) is 7.71. The monoisotopic (exact) mass is 779 g/mol. The molecule has 6 rings (SSSR count). The Morgan fingerprint density at radius 2 is 1.75 bits per heavy atom. The molecule has 11 heteroatoms. The number of rotatable bonds is 17. The summed E-state index contributed by atoms with van der Waals surface area (Å²) in [5.41, 5.74) is 6.64. The normalized spacial score (nSPS) is 16.5. The third kappa shape index (κ3) is 10.3. The van der Waals surface area contributed by atoms with Crippen molar-refractivity contribution >= 4 is 17.9 Å². The van der Waals surface area contributed by atoms with E-state index in [2.05, 4.69) is 70.8 Å². The van der Waals surface area contributed by atoms with Crippen molar-refractivity contribution in [2.45, 2.75) is 78.2 Å². The van der Waals surface area contributed by atoms with Crippen LogP contribution in [-0.2, 0) is 24.6 Å². The van der Waals surface area contributed by atoms with Crippen LogP contribution in [0.4, 0.5) is 0 Å². The number of pyridine rings is 1. The largest absolute Gasteiger partial charge is 0.493 e. The highest BCUT2D eigenvalue weighted by Crippen LogP contribution is 2.38. The number of aldehydes is 1. The van der Waals surface area contributed by atoms with E-state index in [4.69, 9.17) is 25.8 Å². The maximum Gasteiger partial charge on any atom is 0.142 e. The molecule has 2 aliphatic heterocycles. The Kier molecular flexibility index (Phi) is 14.0. The Bertz CT molecular complexity index is 2000. The van der Waals surface area contributed by atoms with E-state index in [9.17, 15) is 15.2 Å². The van der Waals surface area contributed by atoms with Crippen molar-refractivity contribution in [3.63, 3.8) is 0 Å². The van der Waals surface area contributed by atoms with Gasteiger partial charge in [0.25, 0.3) is 0 Å². The molecule has 0 aliphatic carbocycles. The summed E-state index contributed by atoms with van der Waals surface area (Å²) in [4.78, 5) is 18.4. The second-order valence-electron chi connectivity index (χ2n) is 15.6. The summed E-state index contributed by atoms with van der Waals surface area (Å²) < 4.78 is 19.0. The number of carbonyl (C=O) groups is 1. The summed E-state index contributed by atoms with van der Waals surface area (Å²) in [7, 11) is 0. The molecule has 1 unspecified atom stereocenters. The number of aliphatic hydroxyl groups excluding tert-OH is 1. The molecule has 2 saturated heterocycles. The van der Waals surface area contributed by atoms with Crippen LogP contribution in [0.5, 0.6) is 17.2 Å². The Morgan fingerprint density at radius 3 is 2.48 bits per heavy atom. The van der Waals surface area contributed by atoms with Gasteiger partial charge in [-0.05, 0) is 124 Å². The van der Waals surface area contributed by atoms with Gasteiger partial charge in [0.1, 0.15) is 42.8 Å². The molecule has 2 aliphatic rings. The highest BCUT2D eigenvalue weighted by Gasteiger charge is 2.35. The van der Waals surface area contributed by atoms with E-state index in [0.29, 0.717) is 51.5 Å². The minimum Gasteiger partial charge on any atom is -0.493 e. The Balaban J connectivity index is 1.11. The number of halogens is 1. The lowest BCUT2D eigenvalue weighted by molar-refractivity contribution is -0.114. The molecule has 1 spiro atoms. The van der Waals surface area contributed by atoms with Gasteiger partial charge < -0.3 is 34.3 Å². The zero-order chi connectivity index (χ0) is 39.5. The smallest absolute Gasteiger partial charge is 0.142 e.